The van der Waals surface area contributed by atoms with E-state index in [2.05, 4.69) is 10.1 Å². The number of phenols is 1. The average molecular weight is 333 g/mol. The van der Waals surface area contributed by atoms with E-state index in [1.807, 2.05) is 35.8 Å². The van der Waals surface area contributed by atoms with E-state index < -0.39 is 0 Å². The summed E-state index contributed by atoms with van der Waals surface area (Å²) >= 11 is 1.56. The third-order valence-electron chi connectivity index (χ3n) is 4.04. The first kappa shape index (κ1) is 13.3. The fourth-order valence-electron chi connectivity index (χ4n) is 2.99. The summed E-state index contributed by atoms with van der Waals surface area (Å²) in [5, 5.41) is 16.7. The number of aliphatic imine (C=N–C) groups is 1. The molecular formula is C17H11N5OS. The first-order valence-electron chi connectivity index (χ1n) is 7.32. The Hall–Kier alpha value is -3.19. The first-order valence-corrected chi connectivity index (χ1v) is 8.20. The molecule has 5 rings (SSSR count). The van der Waals surface area contributed by atoms with E-state index in [4.69, 9.17) is 10.7 Å². The number of nitrogen functional groups attached to an aromatic ring is 1. The van der Waals surface area contributed by atoms with Crippen LogP contribution in [0.1, 0.15) is 11.1 Å². The van der Waals surface area contributed by atoms with Gasteiger partial charge in [0, 0.05) is 22.9 Å². The molecule has 0 radical (unpaired) electrons. The van der Waals surface area contributed by atoms with Gasteiger partial charge in [-0.3, -0.25) is 0 Å². The van der Waals surface area contributed by atoms with Gasteiger partial charge in [-0.25, -0.2) is 14.5 Å². The molecule has 0 fully saturated rings. The summed E-state index contributed by atoms with van der Waals surface area (Å²) in [6.45, 7) is 0. The van der Waals surface area contributed by atoms with Gasteiger partial charge >= 0.3 is 0 Å². The normalized spacial score (nSPS) is 12.8. The second kappa shape index (κ2) is 4.65. The van der Waals surface area contributed by atoms with Crippen LogP contribution in [0.4, 0.5) is 10.9 Å². The third-order valence-corrected chi connectivity index (χ3v) is 4.84. The summed E-state index contributed by atoms with van der Waals surface area (Å²) < 4.78 is 1.75. The molecule has 0 atom stereocenters. The van der Waals surface area contributed by atoms with Gasteiger partial charge in [-0.05, 0) is 41.8 Å². The number of hydrogen-bond donors (Lipinski definition) is 2. The van der Waals surface area contributed by atoms with Gasteiger partial charge in [-0.15, -0.1) is 16.4 Å². The molecule has 1 aliphatic rings. The Balaban J connectivity index is 1.90. The van der Waals surface area contributed by atoms with Crippen molar-refractivity contribution in [1.82, 2.24) is 14.6 Å². The second-order valence-electron chi connectivity index (χ2n) is 5.49. The number of benzene rings is 1. The van der Waals surface area contributed by atoms with Crippen LogP contribution in [0.15, 0.2) is 53.0 Å². The number of rotatable bonds is 1. The van der Waals surface area contributed by atoms with Crippen LogP contribution in [-0.4, -0.2) is 25.4 Å². The number of thiophene rings is 1. The molecule has 3 aromatic heterocycles. The monoisotopic (exact) mass is 333 g/mol. The molecule has 0 saturated heterocycles. The molecule has 6 nitrogen and oxygen atoms in total. The SMILES string of the molecule is Nc1nc2c3c(ccn3n1)C(c1ccc(O)cc1)=Nc1sccc1-2. The minimum absolute atomic E-state index is 0.225. The molecule has 1 aliphatic heterocycles. The number of fused-ring (bicyclic) bond motifs is 2. The molecule has 0 saturated carbocycles. The lowest BCUT2D eigenvalue weighted by atomic mass is 10.0. The zero-order valence-corrected chi connectivity index (χ0v) is 13.2. The molecule has 4 heterocycles. The average Bonchev–Trinajstić information content (AvgIpc) is 3.17. The molecular weight excluding hydrogens is 322 g/mol. The predicted octanol–water partition coefficient (Wildman–Crippen LogP) is 3.23. The molecule has 4 aromatic rings. The highest BCUT2D eigenvalue weighted by Crippen LogP contribution is 2.41. The van der Waals surface area contributed by atoms with Crippen LogP contribution in [0.25, 0.3) is 16.8 Å². The number of anilines is 1. The van der Waals surface area contributed by atoms with Gasteiger partial charge in [-0.1, -0.05) is 0 Å². The van der Waals surface area contributed by atoms with E-state index in [9.17, 15) is 5.11 Å². The Kier molecular flexibility index (Phi) is 2.57. The summed E-state index contributed by atoms with van der Waals surface area (Å²) in [5.74, 6) is 0.452. The van der Waals surface area contributed by atoms with Crippen molar-refractivity contribution in [3.63, 3.8) is 0 Å². The zero-order valence-electron chi connectivity index (χ0n) is 12.3. The molecule has 1 aromatic carbocycles. The van der Waals surface area contributed by atoms with Crippen LogP contribution in [0.5, 0.6) is 5.75 Å². The number of aromatic hydroxyl groups is 1. The van der Waals surface area contributed by atoms with Crippen LogP contribution < -0.4 is 5.73 Å². The molecule has 24 heavy (non-hydrogen) atoms. The van der Waals surface area contributed by atoms with Gasteiger partial charge in [0.15, 0.2) is 0 Å². The number of nitrogens with zero attached hydrogens (tertiary/aromatic N) is 4. The van der Waals surface area contributed by atoms with Gasteiger partial charge in [0.2, 0.25) is 5.95 Å². The molecule has 0 unspecified atom stereocenters. The first-order chi connectivity index (χ1) is 11.7. The largest absolute Gasteiger partial charge is 0.508 e. The number of phenolic OH excluding ortho intramolecular Hbond substituents is 1. The fourth-order valence-corrected chi connectivity index (χ4v) is 3.76. The smallest absolute Gasteiger partial charge is 0.238 e. The minimum atomic E-state index is 0.225. The minimum Gasteiger partial charge on any atom is -0.508 e. The summed E-state index contributed by atoms with van der Waals surface area (Å²) in [6.07, 6.45) is 1.86. The molecule has 0 amide bonds. The Morgan fingerprint density at radius 1 is 1.04 bits per heavy atom. The van der Waals surface area contributed by atoms with Crippen molar-refractivity contribution in [1.29, 1.82) is 0 Å². The van der Waals surface area contributed by atoms with E-state index >= 15 is 0 Å². The van der Waals surface area contributed by atoms with E-state index in [1.165, 1.54) is 0 Å². The maximum Gasteiger partial charge on any atom is 0.238 e. The lowest BCUT2D eigenvalue weighted by molar-refractivity contribution is 0.475. The molecule has 0 bridgehead atoms. The van der Waals surface area contributed by atoms with Crippen molar-refractivity contribution in [2.75, 3.05) is 5.73 Å². The van der Waals surface area contributed by atoms with Gasteiger partial charge in [0.25, 0.3) is 0 Å². The molecule has 0 aliphatic carbocycles. The van der Waals surface area contributed by atoms with Crippen molar-refractivity contribution in [2.45, 2.75) is 0 Å². The van der Waals surface area contributed by atoms with Crippen LogP contribution in [0.2, 0.25) is 0 Å². The second-order valence-corrected chi connectivity index (χ2v) is 6.38. The predicted molar refractivity (Wildman–Crippen MR) is 94.1 cm³/mol. The Morgan fingerprint density at radius 2 is 1.88 bits per heavy atom. The summed E-state index contributed by atoms with van der Waals surface area (Å²) in [5.41, 5.74) is 11.2. The van der Waals surface area contributed by atoms with E-state index in [0.717, 1.165) is 38.6 Å². The van der Waals surface area contributed by atoms with Crippen molar-refractivity contribution in [2.24, 2.45) is 4.99 Å². The lowest BCUT2D eigenvalue weighted by Crippen LogP contribution is -2.05. The molecule has 7 heteroatoms. The third kappa shape index (κ3) is 1.79. The topological polar surface area (TPSA) is 88.8 Å². The van der Waals surface area contributed by atoms with E-state index in [1.54, 1.807) is 28.0 Å². The summed E-state index contributed by atoms with van der Waals surface area (Å²) in [6, 6.07) is 11.0. The summed E-state index contributed by atoms with van der Waals surface area (Å²) in [7, 11) is 0. The Labute approximate surface area is 140 Å². The van der Waals surface area contributed by atoms with Crippen molar-refractivity contribution in [3.05, 3.63) is 59.1 Å². The molecule has 0 spiro atoms. The fraction of sp³-hybridized carbons (Fsp3) is 0. The standard InChI is InChI=1S/C17H11N5OS/c18-17-20-14-12-6-8-24-16(12)19-13(9-1-3-10(23)4-2-9)11-5-7-22(21-17)15(11)14/h1-8,23H,(H2,18,21). The highest BCUT2D eigenvalue weighted by atomic mass is 32.1. The molecule has 116 valence electrons. The lowest BCUT2D eigenvalue weighted by Gasteiger charge is -2.06. The van der Waals surface area contributed by atoms with Crippen LogP contribution >= 0.6 is 11.3 Å². The Bertz CT molecular complexity index is 1120. The van der Waals surface area contributed by atoms with Gasteiger partial charge < -0.3 is 10.8 Å². The van der Waals surface area contributed by atoms with Crippen molar-refractivity contribution in [3.8, 4) is 17.0 Å². The highest BCUT2D eigenvalue weighted by Gasteiger charge is 2.24. The maximum absolute atomic E-state index is 9.56. The Morgan fingerprint density at radius 3 is 2.71 bits per heavy atom. The number of hydrogen-bond acceptors (Lipinski definition) is 6. The van der Waals surface area contributed by atoms with Crippen molar-refractivity contribution >= 4 is 33.5 Å². The van der Waals surface area contributed by atoms with E-state index in [0.29, 0.717) is 0 Å². The van der Waals surface area contributed by atoms with Gasteiger partial charge in [0.05, 0.1) is 5.71 Å². The maximum atomic E-state index is 9.56. The zero-order chi connectivity index (χ0) is 16.3. The van der Waals surface area contributed by atoms with Crippen LogP contribution in [0, 0.1) is 0 Å². The van der Waals surface area contributed by atoms with Crippen molar-refractivity contribution < 1.29 is 5.11 Å². The van der Waals surface area contributed by atoms with Gasteiger partial charge in [-0.2, -0.15) is 0 Å². The number of nitrogens with two attached hydrogens (primary N) is 1. The van der Waals surface area contributed by atoms with Crippen LogP contribution in [0.3, 0.4) is 0 Å². The van der Waals surface area contributed by atoms with Gasteiger partial charge in [0.1, 0.15) is 22.0 Å². The molecule has 3 N–H and O–H groups in total. The summed E-state index contributed by atoms with van der Waals surface area (Å²) in [4.78, 5) is 9.33. The number of aromatic nitrogens is 3. The highest BCUT2D eigenvalue weighted by molar-refractivity contribution is 7.14. The van der Waals surface area contributed by atoms with E-state index in [-0.39, 0.29) is 11.7 Å². The van der Waals surface area contributed by atoms with Crippen LogP contribution in [-0.2, 0) is 0 Å². The quantitative estimate of drug-likeness (QED) is 0.493.